The van der Waals surface area contributed by atoms with E-state index in [1.807, 2.05) is 18.2 Å². The summed E-state index contributed by atoms with van der Waals surface area (Å²) in [6, 6.07) is 7.47. The van der Waals surface area contributed by atoms with Crippen LogP contribution in [0.15, 0.2) is 29.2 Å². The highest BCUT2D eigenvalue weighted by atomic mass is 32.2. The van der Waals surface area contributed by atoms with Crippen LogP contribution in [-0.4, -0.2) is 20.4 Å². The second-order valence-electron chi connectivity index (χ2n) is 5.73. The van der Waals surface area contributed by atoms with E-state index in [0.717, 1.165) is 5.56 Å². The van der Waals surface area contributed by atoms with E-state index in [4.69, 9.17) is 0 Å². The molecular formula is C14H20O2S2. The summed E-state index contributed by atoms with van der Waals surface area (Å²) < 4.78 is 25.0. The van der Waals surface area contributed by atoms with E-state index in [1.54, 1.807) is 17.8 Å². The third-order valence-electron chi connectivity index (χ3n) is 4.06. The van der Waals surface area contributed by atoms with Crippen LogP contribution in [0, 0.1) is 11.3 Å². The van der Waals surface area contributed by atoms with Crippen molar-refractivity contribution in [2.45, 2.75) is 30.9 Å². The van der Waals surface area contributed by atoms with Crippen molar-refractivity contribution in [1.82, 2.24) is 0 Å². The minimum absolute atomic E-state index is 0.203. The number of rotatable bonds is 1. The van der Waals surface area contributed by atoms with Gasteiger partial charge in [-0.05, 0) is 29.2 Å². The highest BCUT2D eigenvalue weighted by Crippen LogP contribution is 2.49. The van der Waals surface area contributed by atoms with Gasteiger partial charge in [-0.1, -0.05) is 39.0 Å². The van der Waals surface area contributed by atoms with E-state index < -0.39 is 9.84 Å². The molecule has 1 heterocycles. The lowest BCUT2D eigenvalue weighted by molar-refractivity contribution is 0.262. The van der Waals surface area contributed by atoms with Gasteiger partial charge < -0.3 is 0 Å². The Bertz CT molecular complexity index is 547. The SMILES string of the molecule is CSC1c2ccccc2S(=O)(=O)CC(C)(C)C1C. The topological polar surface area (TPSA) is 34.1 Å². The van der Waals surface area contributed by atoms with Crippen LogP contribution < -0.4 is 0 Å². The van der Waals surface area contributed by atoms with Gasteiger partial charge in [-0.15, -0.1) is 0 Å². The maximum atomic E-state index is 12.5. The van der Waals surface area contributed by atoms with E-state index in [9.17, 15) is 8.42 Å². The van der Waals surface area contributed by atoms with Gasteiger partial charge in [-0.3, -0.25) is 0 Å². The summed E-state index contributed by atoms with van der Waals surface area (Å²) in [5, 5.41) is 0.244. The van der Waals surface area contributed by atoms with Gasteiger partial charge in [0.25, 0.3) is 0 Å². The molecule has 1 aliphatic heterocycles. The molecule has 2 unspecified atom stereocenters. The molecule has 18 heavy (non-hydrogen) atoms. The molecule has 2 atom stereocenters. The highest BCUT2D eigenvalue weighted by Gasteiger charge is 2.42. The van der Waals surface area contributed by atoms with Gasteiger partial charge in [-0.25, -0.2) is 8.42 Å². The normalized spacial score (nSPS) is 29.3. The Hall–Kier alpha value is -0.480. The fraction of sp³-hybridized carbons (Fsp3) is 0.571. The Morgan fingerprint density at radius 2 is 1.89 bits per heavy atom. The van der Waals surface area contributed by atoms with E-state index >= 15 is 0 Å². The molecule has 100 valence electrons. The van der Waals surface area contributed by atoms with E-state index in [-0.39, 0.29) is 16.4 Å². The molecular weight excluding hydrogens is 264 g/mol. The van der Waals surface area contributed by atoms with Gasteiger partial charge >= 0.3 is 0 Å². The number of hydrogen-bond acceptors (Lipinski definition) is 3. The average Bonchev–Trinajstić information content (AvgIpc) is 2.33. The second-order valence-corrected chi connectivity index (χ2v) is 8.67. The number of sulfone groups is 1. The van der Waals surface area contributed by atoms with E-state index in [1.165, 1.54) is 0 Å². The molecule has 0 fully saturated rings. The van der Waals surface area contributed by atoms with Crippen molar-refractivity contribution in [2.75, 3.05) is 12.0 Å². The van der Waals surface area contributed by atoms with Crippen LogP contribution in [0.2, 0.25) is 0 Å². The van der Waals surface area contributed by atoms with Crippen LogP contribution in [0.1, 0.15) is 31.6 Å². The Morgan fingerprint density at radius 3 is 2.50 bits per heavy atom. The first-order chi connectivity index (χ1) is 8.29. The summed E-state index contributed by atoms with van der Waals surface area (Å²) in [6.45, 7) is 6.29. The zero-order valence-electron chi connectivity index (χ0n) is 11.3. The lowest BCUT2D eigenvalue weighted by atomic mass is 9.78. The molecule has 0 N–H and O–H groups in total. The maximum Gasteiger partial charge on any atom is 0.179 e. The van der Waals surface area contributed by atoms with Gasteiger partial charge in [0.05, 0.1) is 10.6 Å². The van der Waals surface area contributed by atoms with E-state index in [0.29, 0.717) is 10.8 Å². The number of thioether (sulfide) groups is 1. The van der Waals surface area contributed by atoms with Crippen LogP contribution >= 0.6 is 11.8 Å². The van der Waals surface area contributed by atoms with Crippen molar-refractivity contribution in [1.29, 1.82) is 0 Å². The molecule has 0 spiro atoms. The first kappa shape index (κ1) is 13.9. The Balaban J connectivity index is 2.71. The van der Waals surface area contributed by atoms with Crippen molar-refractivity contribution < 1.29 is 8.42 Å². The zero-order valence-corrected chi connectivity index (χ0v) is 12.9. The molecule has 2 rings (SSSR count). The number of benzene rings is 1. The summed E-state index contributed by atoms with van der Waals surface area (Å²) in [5.41, 5.74) is 0.772. The van der Waals surface area contributed by atoms with Gasteiger partial charge in [0.1, 0.15) is 0 Å². The number of hydrogen-bond donors (Lipinski definition) is 0. The molecule has 1 aromatic carbocycles. The predicted octanol–water partition coefficient (Wildman–Crippen LogP) is 3.54. The van der Waals surface area contributed by atoms with Crippen LogP contribution in [-0.2, 0) is 9.84 Å². The molecule has 1 aliphatic rings. The van der Waals surface area contributed by atoms with Crippen LogP contribution in [0.5, 0.6) is 0 Å². The van der Waals surface area contributed by atoms with E-state index in [2.05, 4.69) is 27.0 Å². The molecule has 0 bridgehead atoms. The lowest BCUT2D eigenvalue weighted by Crippen LogP contribution is -2.30. The van der Waals surface area contributed by atoms with Crippen molar-refractivity contribution in [3.63, 3.8) is 0 Å². The van der Waals surface area contributed by atoms with Crippen LogP contribution in [0.3, 0.4) is 0 Å². The van der Waals surface area contributed by atoms with Gasteiger partial charge in [-0.2, -0.15) is 11.8 Å². The molecule has 0 radical (unpaired) electrons. The molecule has 0 saturated carbocycles. The number of fused-ring (bicyclic) bond motifs is 1. The molecule has 2 nitrogen and oxygen atoms in total. The monoisotopic (exact) mass is 284 g/mol. The van der Waals surface area contributed by atoms with Crippen LogP contribution in [0.4, 0.5) is 0 Å². The molecule has 0 amide bonds. The van der Waals surface area contributed by atoms with Crippen molar-refractivity contribution in [2.24, 2.45) is 11.3 Å². The third-order valence-corrected chi connectivity index (χ3v) is 7.40. The standard InChI is InChI=1S/C14H20O2S2/c1-10-13(17-4)11-7-5-6-8-12(11)18(15,16)9-14(10,2)3/h5-8,10,13H,9H2,1-4H3. The summed E-state index contributed by atoms with van der Waals surface area (Å²) >= 11 is 1.75. The maximum absolute atomic E-state index is 12.5. The van der Waals surface area contributed by atoms with Crippen molar-refractivity contribution >= 4 is 21.6 Å². The summed E-state index contributed by atoms with van der Waals surface area (Å²) in [7, 11) is -3.18. The average molecular weight is 284 g/mol. The Kier molecular flexibility index (Phi) is 3.54. The molecule has 0 saturated heterocycles. The first-order valence-corrected chi connectivity index (χ1v) is 9.08. The summed E-state index contributed by atoms with van der Waals surface area (Å²) in [4.78, 5) is 0.529. The van der Waals surface area contributed by atoms with Crippen molar-refractivity contribution in [3.8, 4) is 0 Å². The Morgan fingerprint density at radius 1 is 1.28 bits per heavy atom. The first-order valence-electron chi connectivity index (χ1n) is 6.14. The summed E-state index contributed by atoms with van der Waals surface area (Å²) in [6.07, 6.45) is 2.06. The lowest BCUT2D eigenvalue weighted by Gasteiger charge is -2.33. The van der Waals surface area contributed by atoms with Crippen LogP contribution in [0.25, 0.3) is 0 Å². The summed E-state index contributed by atoms with van der Waals surface area (Å²) in [5.74, 6) is 0.556. The highest BCUT2D eigenvalue weighted by molar-refractivity contribution is 7.99. The van der Waals surface area contributed by atoms with Gasteiger partial charge in [0.15, 0.2) is 9.84 Å². The fourth-order valence-corrected chi connectivity index (χ4v) is 6.26. The fourth-order valence-electron chi connectivity index (χ4n) is 2.71. The minimum atomic E-state index is -3.18. The Labute approximate surface area is 114 Å². The molecule has 0 aromatic heterocycles. The quantitative estimate of drug-likeness (QED) is 0.791. The zero-order chi connectivity index (χ0) is 13.6. The largest absolute Gasteiger partial charge is 0.224 e. The second kappa shape index (κ2) is 4.57. The molecule has 4 heteroatoms. The van der Waals surface area contributed by atoms with Crippen molar-refractivity contribution in [3.05, 3.63) is 29.8 Å². The molecule has 1 aromatic rings. The minimum Gasteiger partial charge on any atom is -0.224 e. The van der Waals surface area contributed by atoms with Gasteiger partial charge in [0, 0.05) is 5.25 Å². The third kappa shape index (κ3) is 2.21. The smallest absolute Gasteiger partial charge is 0.179 e. The molecule has 0 aliphatic carbocycles. The van der Waals surface area contributed by atoms with Gasteiger partial charge in [0.2, 0.25) is 0 Å². The predicted molar refractivity (Wildman–Crippen MR) is 77.7 cm³/mol.